The molecule has 0 saturated heterocycles. The number of furan rings is 1. The molecule has 3 rings (SSSR count). The van der Waals surface area contributed by atoms with Gasteiger partial charge in [-0.3, -0.25) is 0 Å². The Kier molecular flexibility index (Phi) is 2.68. The van der Waals surface area contributed by atoms with Crippen molar-refractivity contribution in [3.8, 4) is 21.8 Å². The highest BCUT2D eigenvalue weighted by Gasteiger charge is 2.12. The van der Waals surface area contributed by atoms with Gasteiger partial charge in [-0.25, -0.2) is 13.8 Å². The van der Waals surface area contributed by atoms with Crippen LogP contribution in [-0.4, -0.2) is 4.98 Å². The van der Waals surface area contributed by atoms with Crippen molar-refractivity contribution in [3.05, 3.63) is 53.8 Å². The monoisotopic (exact) mass is 263 g/mol. The molecule has 1 aromatic carbocycles. The van der Waals surface area contributed by atoms with Crippen LogP contribution in [0.5, 0.6) is 0 Å². The van der Waals surface area contributed by atoms with Crippen molar-refractivity contribution in [2.45, 2.75) is 0 Å². The summed E-state index contributed by atoms with van der Waals surface area (Å²) in [5.74, 6) is -0.968. The van der Waals surface area contributed by atoms with Gasteiger partial charge < -0.3 is 4.42 Å². The maximum Gasteiger partial charge on any atom is 0.132 e. The van der Waals surface area contributed by atoms with E-state index < -0.39 is 11.6 Å². The second-order valence-corrected chi connectivity index (χ2v) is 4.53. The summed E-state index contributed by atoms with van der Waals surface area (Å²) in [6, 6.07) is 5.10. The van der Waals surface area contributed by atoms with Crippen LogP contribution < -0.4 is 0 Å². The standard InChI is InChI=1S/C13H7F2NOS/c14-9-1-2-11(15)10(5-9)12-7-18-13(16-12)8-3-4-17-6-8/h1-7H. The smallest absolute Gasteiger partial charge is 0.132 e. The Morgan fingerprint density at radius 3 is 2.83 bits per heavy atom. The molecule has 0 aliphatic heterocycles. The van der Waals surface area contributed by atoms with Crippen molar-refractivity contribution < 1.29 is 13.2 Å². The van der Waals surface area contributed by atoms with E-state index in [0.717, 1.165) is 23.8 Å². The lowest BCUT2D eigenvalue weighted by Crippen LogP contribution is -1.86. The van der Waals surface area contributed by atoms with E-state index in [-0.39, 0.29) is 5.56 Å². The molecule has 2 nitrogen and oxygen atoms in total. The minimum absolute atomic E-state index is 0.168. The Morgan fingerprint density at radius 2 is 2.06 bits per heavy atom. The third-order valence-corrected chi connectivity index (χ3v) is 3.37. The number of benzene rings is 1. The van der Waals surface area contributed by atoms with Gasteiger partial charge in [0.05, 0.1) is 12.0 Å². The fraction of sp³-hybridized carbons (Fsp3) is 0. The summed E-state index contributed by atoms with van der Waals surface area (Å²) in [6.07, 6.45) is 3.10. The van der Waals surface area contributed by atoms with Gasteiger partial charge in [-0.1, -0.05) is 0 Å². The summed E-state index contributed by atoms with van der Waals surface area (Å²) >= 11 is 1.36. The van der Waals surface area contributed by atoms with Crippen LogP contribution in [0.25, 0.3) is 21.8 Å². The van der Waals surface area contributed by atoms with Gasteiger partial charge in [-0.05, 0) is 24.3 Å². The van der Waals surface area contributed by atoms with Crippen LogP contribution in [0.15, 0.2) is 46.6 Å². The zero-order chi connectivity index (χ0) is 12.5. The highest BCUT2D eigenvalue weighted by molar-refractivity contribution is 7.13. The molecule has 0 aliphatic carbocycles. The first-order valence-electron chi connectivity index (χ1n) is 5.17. The molecule has 0 amide bonds. The average molecular weight is 263 g/mol. The van der Waals surface area contributed by atoms with E-state index in [1.54, 1.807) is 24.0 Å². The Morgan fingerprint density at radius 1 is 1.17 bits per heavy atom. The van der Waals surface area contributed by atoms with Crippen molar-refractivity contribution >= 4 is 11.3 Å². The largest absolute Gasteiger partial charge is 0.472 e. The summed E-state index contributed by atoms with van der Waals surface area (Å²) in [5.41, 5.74) is 1.41. The zero-order valence-electron chi connectivity index (χ0n) is 9.06. The molecule has 18 heavy (non-hydrogen) atoms. The highest BCUT2D eigenvalue weighted by atomic mass is 32.1. The van der Waals surface area contributed by atoms with E-state index in [1.807, 2.05) is 0 Å². The lowest BCUT2D eigenvalue weighted by Gasteiger charge is -1.98. The Hall–Kier alpha value is -2.01. The quantitative estimate of drug-likeness (QED) is 0.687. The molecule has 3 aromatic rings. The molecule has 2 aromatic heterocycles. The van der Waals surface area contributed by atoms with E-state index in [1.165, 1.54) is 11.3 Å². The predicted octanol–water partition coefficient (Wildman–Crippen LogP) is 4.35. The number of hydrogen-bond donors (Lipinski definition) is 0. The maximum atomic E-state index is 13.6. The van der Waals surface area contributed by atoms with Crippen LogP contribution in [0.2, 0.25) is 0 Å². The average Bonchev–Trinajstić information content (AvgIpc) is 3.00. The molecule has 0 fully saturated rings. The maximum absolute atomic E-state index is 13.6. The number of thiazole rings is 1. The second-order valence-electron chi connectivity index (χ2n) is 3.67. The summed E-state index contributed by atoms with van der Waals surface area (Å²) in [7, 11) is 0. The number of hydrogen-bond acceptors (Lipinski definition) is 3. The topological polar surface area (TPSA) is 26.0 Å². The second kappa shape index (κ2) is 4.34. The first-order chi connectivity index (χ1) is 8.74. The molecule has 0 spiro atoms. The summed E-state index contributed by atoms with van der Waals surface area (Å²) in [4.78, 5) is 4.28. The molecule has 0 unspecified atom stereocenters. The molecule has 0 saturated carbocycles. The molecule has 0 aliphatic rings. The molecule has 90 valence electrons. The number of nitrogens with zero attached hydrogens (tertiary/aromatic N) is 1. The third kappa shape index (κ3) is 1.93. The molecular weight excluding hydrogens is 256 g/mol. The molecule has 5 heteroatoms. The fourth-order valence-electron chi connectivity index (χ4n) is 1.61. The van der Waals surface area contributed by atoms with Gasteiger partial charge >= 0.3 is 0 Å². The van der Waals surface area contributed by atoms with E-state index in [0.29, 0.717) is 10.7 Å². The Labute approximate surface area is 106 Å². The molecule has 0 N–H and O–H groups in total. The minimum atomic E-state index is -0.486. The van der Waals surface area contributed by atoms with Crippen molar-refractivity contribution in [1.29, 1.82) is 0 Å². The van der Waals surface area contributed by atoms with Crippen LogP contribution >= 0.6 is 11.3 Å². The summed E-state index contributed by atoms with van der Waals surface area (Å²) < 4.78 is 31.7. The van der Waals surface area contributed by atoms with E-state index >= 15 is 0 Å². The SMILES string of the molecule is Fc1ccc(F)c(-c2csc(-c3ccoc3)n2)c1. The molecule has 0 radical (unpaired) electrons. The first-order valence-corrected chi connectivity index (χ1v) is 6.05. The molecule has 0 bridgehead atoms. The zero-order valence-corrected chi connectivity index (χ0v) is 9.88. The van der Waals surface area contributed by atoms with E-state index in [4.69, 9.17) is 4.42 Å². The van der Waals surface area contributed by atoms with Crippen LogP contribution in [0.1, 0.15) is 0 Å². The number of halogens is 2. The van der Waals surface area contributed by atoms with E-state index in [2.05, 4.69) is 4.98 Å². The third-order valence-electron chi connectivity index (χ3n) is 2.48. The number of aromatic nitrogens is 1. The van der Waals surface area contributed by atoms with Gasteiger partial charge in [0.2, 0.25) is 0 Å². The normalized spacial score (nSPS) is 10.8. The lowest BCUT2D eigenvalue weighted by atomic mass is 10.1. The van der Waals surface area contributed by atoms with Gasteiger partial charge in [0.25, 0.3) is 0 Å². The predicted molar refractivity (Wildman–Crippen MR) is 65.2 cm³/mol. The fourth-order valence-corrected chi connectivity index (χ4v) is 2.42. The molecule has 0 atom stereocenters. The van der Waals surface area contributed by atoms with Gasteiger partial charge in [0.15, 0.2) is 0 Å². The number of rotatable bonds is 2. The van der Waals surface area contributed by atoms with Crippen LogP contribution in [-0.2, 0) is 0 Å². The summed E-state index contributed by atoms with van der Waals surface area (Å²) in [6.45, 7) is 0. The van der Waals surface area contributed by atoms with Gasteiger partial charge in [-0.2, -0.15) is 0 Å². The van der Waals surface area contributed by atoms with Crippen molar-refractivity contribution in [3.63, 3.8) is 0 Å². The van der Waals surface area contributed by atoms with Crippen molar-refractivity contribution in [1.82, 2.24) is 4.98 Å². The first kappa shape index (κ1) is 11.1. The lowest BCUT2D eigenvalue weighted by molar-refractivity contribution is 0.568. The van der Waals surface area contributed by atoms with E-state index in [9.17, 15) is 8.78 Å². The van der Waals surface area contributed by atoms with Gasteiger partial charge in [0.1, 0.15) is 22.9 Å². The van der Waals surface area contributed by atoms with Crippen LogP contribution in [0.4, 0.5) is 8.78 Å². The van der Waals surface area contributed by atoms with Crippen LogP contribution in [0.3, 0.4) is 0 Å². The Bertz CT molecular complexity index is 676. The minimum Gasteiger partial charge on any atom is -0.472 e. The van der Waals surface area contributed by atoms with Crippen molar-refractivity contribution in [2.24, 2.45) is 0 Å². The van der Waals surface area contributed by atoms with Crippen LogP contribution in [0, 0.1) is 11.6 Å². The van der Waals surface area contributed by atoms with Gasteiger partial charge in [0, 0.05) is 16.5 Å². The highest BCUT2D eigenvalue weighted by Crippen LogP contribution is 2.30. The van der Waals surface area contributed by atoms with Crippen molar-refractivity contribution in [2.75, 3.05) is 0 Å². The molecule has 2 heterocycles. The summed E-state index contributed by atoms with van der Waals surface area (Å²) in [5, 5.41) is 2.41. The van der Waals surface area contributed by atoms with Gasteiger partial charge in [-0.15, -0.1) is 11.3 Å². The Balaban J connectivity index is 2.05. The molecular formula is C13H7F2NOS.